The van der Waals surface area contributed by atoms with Gasteiger partial charge in [-0.3, -0.25) is 14.5 Å². The summed E-state index contributed by atoms with van der Waals surface area (Å²) in [4.78, 5) is 30.0. The second-order valence-electron chi connectivity index (χ2n) is 11.5. The number of benzene rings is 5. The van der Waals surface area contributed by atoms with E-state index in [0.717, 1.165) is 30.0 Å². The number of rotatable bonds is 9. The molecule has 5 aromatic rings. The molecule has 8 heteroatoms. The van der Waals surface area contributed by atoms with E-state index >= 15 is 0 Å². The first-order valence-electron chi connectivity index (χ1n) is 15.0. The number of piperazine rings is 1. The summed E-state index contributed by atoms with van der Waals surface area (Å²) in [7, 11) is 0. The van der Waals surface area contributed by atoms with E-state index in [1.165, 1.54) is 37.9 Å². The minimum Gasteiger partial charge on any atom is -0.454 e. The molecule has 0 radical (unpaired) electrons. The van der Waals surface area contributed by atoms with Gasteiger partial charge in [-0.05, 0) is 68.4 Å². The largest absolute Gasteiger partial charge is 0.454 e. The van der Waals surface area contributed by atoms with Crippen LogP contribution in [0.5, 0.6) is 11.5 Å². The maximum atomic E-state index is 13.2. The van der Waals surface area contributed by atoms with Crippen molar-refractivity contribution in [2.24, 2.45) is 0 Å². The second-order valence-corrected chi connectivity index (χ2v) is 11.5. The number of carbonyl (C=O) groups is 2. The van der Waals surface area contributed by atoms with Gasteiger partial charge in [0, 0.05) is 39.1 Å². The van der Waals surface area contributed by atoms with Gasteiger partial charge in [0.25, 0.3) is 0 Å². The van der Waals surface area contributed by atoms with Crippen LogP contribution in [0.1, 0.15) is 24.0 Å². The number of hydrogen-bond acceptors (Lipinski definition) is 6. The third-order valence-corrected chi connectivity index (χ3v) is 8.81. The van der Waals surface area contributed by atoms with Crippen LogP contribution in [0.15, 0.2) is 72.8 Å². The number of aliphatic hydroxyl groups excluding tert-OH is 1. The van der Waals surface area contributed by atoms with Crippen LogP contribution in [0.3, 0.4) is 0 Å². The predicted octanol–water partition coefficient (Wildman–Crippen LogP) is 4.46. The summed E-state index contributed by atoms with van der Waals surface area (Å²) in [6.07, 6.45) is 1.69. The predicted molar refractivity (Wildman–Crippen MR) is 167 cm³/mol. The molecular formula is C35H35N3O5. The Kier molecular flexibility index (Phi) is 7.47. The van der Waals surface area contributed by atoms with E-state index in [1.807, 2.05) is 18.2 Å². The van der Waals surface area contributed by atoms with Gasteiger partial charge in [-0.25, -0.2) is 0 Å². The summed E-state index contributed by atoms with van der Waals surface area (Å²) in [6.45, 7) is 3.11. The average molecular weight is 578 g/mol. The number of aryl methyl sites for hydroxylation is 1. The monoisotopic (exact) mass is 577 g/mol. The van der Waals surface area contributed by atoms with Gasteiger partial charge in [-0.1, -0.05) is 60.7 Å². The molecule has 1 fully saturated rings. The number of nitrogens with zero attached hydrogens (tertiary/aromatic N) is 2. The van der Waals surface area contributed by atoms with Crippen molar-refractivity contribution in [1.29, 1.82) is 0 Å². The van der Waals surface area contributed by atoms with Gasteiger partial charge in [-0.2, -0.15) is 0 Å². The lowest BCUT2D eigenvalue weighted by molar-refractivity contribution is -0.139. The summed E-state index contributed by atoms with van der Waals surface area (Å²) in [5, 5.41) is 20.2. The minimum atomic E-state index is -0.928. The average Bonchev–Trinajstić information content (AvgIpc) is 3.51. The molecule has 2 aliphatic heterocycles. The van der Waals surface area contributed by atoms with Gasteiger partial charge in [0.15, 0.2) is 11.5 Å². The van der Waals surface area contributed by atoms with E-state index in [9.17, 15) is 14.7 Å². The lowest BCUT2D eigenvalue weighted by Crippen LogP contribution is -2.55. The molecule has 1 saturated heterocycles. The maximum Gasteiger partial charge on any atom is 0.247 e. The smallest absolute Gasteiger partial charge is 0.247 e. The highest BCUT2D eigenvalue weighted by Gasteiger charge is 2.28. The van der Waals surface area contributed by atoms with E-state index in [4.69, 9.17) is 9.47 Å². The fourth-order valence-corrected chi connectivity index (χ4v) is 6.55. The quantitative estimate of drug-likeness (QED) is 0.252. The number of nitrogens with one attached hydrogen (secondary N) is 1. The molecule has 2 aliphatic rings. The molecule has 0 spiro atoms. The highest BCUT2D eigenvalue weighted by Crippen LogP contribution is 2.36. The molecule has 0 bridgehead atoms. The van der Waals surface area contributed by atoms with Crippen molar-refractivity contribution in [2.45, 2.75) is 31.8 Å². The number of hydrogen-bond donors (Lipinski definition) is 2. The molecule has 8 nitrogen and oxygen atoms in total. The Morgan fingerprint density at radius 3 is 2.35 bits per heavy atom. The van der Waals surface area contributed by atoms with E-state index in [0.29, 0.717) is 32.6 Å². The Morgan fingerprint density at radius 2 is 1.56 bits per heavy atom. The molecule has 0 aromatic heterocycles. The van der Waals surface area contributed by atoms with Crippen LogP contribution in [-0.2, 0) is 22.6 Å². The zero-order valence-electron chi connectivity index (χ0n) is 24.1. The molecule has 2 heterocycles. The van der Waals surface area contributed by atoms with Crippen LogP contribution < -0.4 is 14.8 Å². The molecule has 0 aliphatic carbocycles. The van der Waals surface area contributed by atoms with Crippen molar-refractivity contribution >= 4 is 44.1 Å². The topological polar surface area (TPSA) is 91.3 Å². The van der Waals surface area contributed by atoms with Gasteiger partial charge in [0.05, 0.1) is 6.61 Å². The normalized spacial score (nSPS) is 15.9. The van der Waals surface area contributed by atoms with Gasteiger partial charge >= 0.3 is 0 Å². The van der Waals surface area contributed by atoms with Crippen LogP contribution in [0.4, 0.5) is 0 Å². The molecule has 7 rings (SSSR count). The summed E-state index contributed by atoms with van der Waals surface area (Å²) in [5.74, 6) is 1.09. The van der Waals surface area contributed by atoms with Crippen molar-refractivity contribution < 1.29 is 24.2 Å². The number of fused-ring (bicyclic) bond motifs is 1. The highest BCUT2D eigenvalue weighted by atomic mass is 16.7. The molecular weight excluding hydrogens is 542 g/mol. The lowest BCUT2D eigenvalue weighted by Gasteiger charge is -2.36. The third kappa shape index (κ3) is 5.44. The van der Waals surface area contributed by atoms with E-state index in [2.05, 4.69) is 64.8 Å². The Balaban J connectivity index is 0.917. The van der Waals surface area contributed by atoms with Crippen molar-refractivity contribution in [3.05, 3.63) is 83.9 Å². The van der Waals surface area contributed by atoms with Gasteiger partial charge in [-0.15, -0.1) is 0 Å². The Morgan fingerprint density at radius 1 is 0.837 bits per heavy atom. The van der Waals surface area contributed by atoms with Crippen LogP contribution in [0.25, 0.3) is 32.3 Å². The summed E-state index contributed by atoms with van der Waals surface area (Å²) < 4.78 is 10.9. The standard InChI is InChI=1S/C35H35N3O5/c39-21-29(35(41)38-17-15-37(16-18-38)20-23-7-14-30-31(19-23)43-22-42-30)36-32(40)6-2-3-24-8-9-27-11-10-25-4-1-5-26-12-13-28(24)34(27)33(25)26/h1,4-5,7-14,19,29,39H,2-3,6,15-18,20-22H2,(H,36,40)/t29-/m0/s1. The molecule has 0 saturated carbocycles. The first kappa shape index (κ1) is 27.4. The molecule has 2 N–H and O–H groups in total. The first-order chi connectivity index (χ1) is 21.1. The minimum absolute atomic E-state index is 0.216. The van der Waals surface area contributed by atoms with Gasteiger partial charge < -0.3 is 24.8 Å². The van der Waals surface area contributed by atoms with E-state index in [1.54, 1.807) is 4.90 Å². The molecule has 0 unspecified atom stereocenters. The van der Waals surface area contributed by atoms with E-state index in [-0.39, 0.29) is 25.0 Å². The fraction of sp³-hybridized carbons (Fsp3) is 0.314. The van der Waals surface area contributed by atoms with E-state index < -0.39 is 12.6 Å². The van der Waals surface area contributed by atoms with Crippen molar-refractivity contribution in [2.75, 3.05) is 39.6 Å². The lowest BCUT2D eigenvalue weighted by atomic mass is 9.90. The molecule has 5 aromatic carbocycles. The number of carbonyl (C=O) groups excluding carboxylic acids is 2. The summed E-state index contributed by atoms with van der Waals surface area (Å²) in [5.41, 5.74) is 2.35. The second kappa shape index (κ2) is 11.7. The Labute approximate surface area is 250 Å². The molecule has 43 heavy (non-hydrogen) atoms. The number of amides is 2. The molecule has 220 valence electrons. The molecule has 1 atom stereocenters. The Bertz CT molecular complexity index is 1780. The van der Waals surface area contributed by atoms with Gasteiger partial charge in [0.1, 0.15) is 6.04 Å². The van der Waals surface area contributed by atoms with Crippen LogP contribution in [-0.4, -0.2) is 72.3 Å². The number of ether oxygens (including phenoxy) is 2. The summed E-state index contributed by atoms with van der Waals surface area (Å²) >= 11 is 0. The van der Waals surface area contributed by atoms with Crippen molar-refractivity contribution in [3.8, 4) is 11.5 Å². The number of aliphatic hydroxyl groups is 1. The zero-order chi connectivity index (χ0) is 29.3. The van der Waals surface area contributed by atoms with Gasteiger partial charge in [0.2, 0.25) is 18.6 Å². The fourth-order valence-electron chi connectivity index (χ4n) is 6.55. The molecule has 2 amide bonds. The van der Waals surface area contributed by atoms with Crippen LogP contribution in [0, 0.1) is 0 Å². The van der Waals surface area contributed by atoms with Crippen molar-refractivity contribution in [3.63, 3.8) is 0 Å². The highest BCUT2D eigenvalue weighted by molar-refractivity contribution is 6.23. The first-order valence-corrected chi connectivity index (χ1v) is 15.0. The van der Waals surface area contributed by atoms with Crippen LogP contribution in [0.2, 0.25) is 0 Å². The SMILES string of the molecule is O=C(CCCc1ccc2ccc3cccc4ccc1c2c34)N[C@@H](CO)C(=O)N1CCN(Cc2ccc3c(c2)OCO3)CC1. The van der Waals surface area contributed by atoms with Crippen molar-refractivity contribution in [1.82, 2.24) is 15.1 Å². The third-order valence-electron chi connectivity index (χ3n) is 8.81. The summed E-state index contributed by atoms with van der Waals surface area (Å²) in [6, 6.07) is 24.5. The zero-order valence-corrected chi connectivity index (χ0v) is 24.1. The van der Waals surface area contributed by atoms with Crippen LogP contribution >= 0.6 is 0 Å². The maximum absolute atomic E-state index is 13.2. The Hall–Kier alpha value is -4.40.